The van der Waals surface area contributed by atoms with Crippen molar-refractivity contribution in [3.8, 4) is 0 Å². The molecule has 3 heteroatoms. The first-order valence-electron chi connectivity index (χ1n) is 14.2. The van der Waals surface area contributed by atoms with Gasteiger partial charge in [-0.3, -0.25) is 4.79 Å². The Morgan fingerprint density at radius 1 is 1.15 bits per heavy atom. The fourth-order valence-corrected chi connectivity index (χ4v) is 9.71. The van der Waals surface area contributed by atoms with Gasteiger partial charge in [0, 0.05) is 6.04 Å². The van der Waals surface area contributed by atoms with Crippen LogP contribution in [0.3, 0.4) is 0 Å². The molecule has 3 saturated carbocycles. The molecule has 0 aromatic heterocycles. The van der Waals surface area contributed by atoms with Crippen molar-refractivity contribution in [3.63, 3.8) is 0 Å². The van der Waals surface area contributed by atoms with Gasteiger partial charge in [-0.2, -0.15) is 0 Å². The molecule has 0 amide bonds. The van der Waals surface area contributed by atoms with Crippen LogP contribution in [0.1, 0.15) is 106 Å². The Morgan fingerprint density at radius 2 is 1.91 bits per heavy atom. The van der Waals surface area contributed by atoms with Crippen LogP contribution in [0, 0.1) is 52.3 Å². The monoisotopic (exact) mass is 457 g/mol. The van der Waals surface area contributed by atoms with Gasteiger partial charge in [0.2, 0.25) is 0 Å². The van der Waals surface area contributed by atoms with Crippen LogP contribution >= 0.6 is 0 Å². The standard InChI is InChI=1S/C30H51NO2/c1-19(2)8-7-9-20(3)28-21(4)16-26-24-11-10-22-17-23(31-18-27(32)33)12-14-29(22,5)25(24)13-15-30(26,28)6/h10,19-21,23-26,28,31H,7-9,11-18H2,1-6H3,(H,32,33)/t20-,21+,23+,24-,25?,26+,28?,29?,30?/m1/s1. The van der Waals surface area contributed by atoms with E-state index in [0.717, 1.165) is 54.3 Å². The minimum Gasteiger partial charge on any atom is -0.480 e. The largest absolute Gasteiger partial charge is 0.480 e. The SMILES string of the molecule is CC(C)CCC[C@@H](C)C1[C@@H](C)C[C@H]2[C@@H]3CC=C4C[C@@H](NCC(=O)O)CCC4(C)C3CCC12C. The van der Waals surface area contributed by atoms with Crippen LogP contribution in [0.25, 0.3) is 0 Å². The van der Waals surface area contributed by atoms with Crippen molar-refractivity contribution in [1.29, 1.82) is 0 Å². The predicted molar refractivity (Wildman–Crippen MR) is 137 cm³/mol. The topological polar surface area (TPSA) is 49.3 Å². The molecule has 0 aromatic carbocycles. The molecule has 4 aliphatic carbocycles. The van der Waals surface area contributed by atoms with Crippen molar-refractivity contribution in [2.24, 2.45) is 52.3 Å². The Hall–Kier alpha value is -0.830. The lowest BCUT2D eigenvalue weighted by Crippen LogP contribution is -2.52. The predicted octanol–water partition coefficient (Wildman–Crippen LogP) is 7.32. The van der Waals surface area contributed by atoms with E-state index in [0.29, 0.717) is 16.9 Å². The van der Waals surface area contributed by atoms with E-state index in [9.17, 15) is 4.79 Å². The van der Waals surface area contributed by atoms with E-state index < -0.39 is 5.97 Å². The van der Waals surface area contributed by atoms with E-state index in [1.807, 2.05) is 0 Å². The molecule has 0 radical (unpaired) electrons. The summed E-state index contributed by atoms with van der Waals surface area (Å²) in [6.45, 7) is 15.2. The highest BCUT2D eigenvalue weighted by Gasteiger charge is 2.60. The van der Waals surface area contributed by atoms with Crippen LogP contribution in [0.4, 0.5) is 0 Å². The molecule has 3 fully saturated rings. The van der Waals surface area contributed by atoms with Gasteiger partial charge in [-0.15, -0.1) is 0 Å². The van der Waals surface area contributed by atoms with Gasteiger partial charge in [0.1, 0.15) is 0 Å². The lowest BCUT2D eigenvalue weighted by atomic mass is 9.46. The second-order valence-corrected chi connectivity index (χ2v) is 13.6. The molecule has 0 spiro atoms. The summed E-state index contributed by atoms with van der Waals surface area (Å²) in [5.74, 6) is 5.28. The van der Waals surface area contributed by atoms with Crippen LogP contribution < -0.4 is 5.32 Å². The molecule has 0 aliphatic heterocycles. The quantitative estimate of drug-likeness (QED) is 0.375. The van der Waals surface area contributed by atoms with Gasteiger partial charge < -0.3 is 10.4 Å². The van der Waals surface area contributed by atoms with Crippen LogP contribution in [-0.4, -0.2) is 23.7 Å². The molecule has 0 heterocycles. The molecular weight excluding hydrogens is 406 g/mol. The molecule has 0 bridgehead atoms. The summed E-state index contributed by atoms with van der Waals surface area (Å²) in [6, 6.07) is 0.341. The molecule has 2 N–H and O–H groups in total. The van der Waals surface area contributed by atoms with E-state index in [4.69, 9.17) is 5.11 Å². The molecular formula is C30H51NO2. The van der Waals surface area contributed by atoms with Crippen molar-refractivity contribution in [2.75, 3.05) is 6.54 Å². The summed E-state index contributed by atoms with van der Waals surface area (Å²) in [5, 5.41) is 12.4. The number of carboxylic acids is 1. The molecule has 0 saturated heterocycles. The Bertz CT molecular complexity index is 744. The van der Waals surface area contributed by atoms with Gasteiger partial charge >= 0.3 is 5.97 Å². The van der Waals surface area contributed by atoms with E-state index in [1.54, 1.807) is 5.57 Å². The Kier molecular flexibility index (Phi) is 7.40. The van der Waals surface area contributed by atoms with Gasteiger partial charge in [-0.25, -0.2) is 0 Å². The van der Waals surface area contributed by atoms with E-state index in [-0.39, 0.29) is 6.54 Å². The number of allylic oxidation sites excluding steroid dienone is 1. The van der Waals surface area contributed by atoms with Crippen molar-refractivity contribution in [1.82, 2.24) is 5.32 Å². The molecule has 4 unspecified atom stereocenters. The maximum absolute atomic E-state index is 11.0. The zero-order chi connectivity index (χ0) is 24.0. The average molecular weight is 458 g/mol. The third-order valence-electron chi connectivity index (χ3n) is 11.1. The molecule has 33 heavy (non-hydrogen) atoms. The Labute approximate surface area is 203 Å². The number of hydrogen-bond donors (Lipinski definition) is 2. The highest BCUT2D eigenvalue weighted by molar-refractivity contribution is 5.69. The number of fused-ring (bicyclic) bond motifs is 5. The molecule has 4 aliphatic rings. The maximum atomic E-state index is 11.0. The maximum Gasteiger partial charge on any atom is 0.317 e. The molecule has 3 nitrogen and oxygen atoms in total. The van der Waals surface area contributed by atoms with Gasteiger partial charge in [0.15, 0.2) is 0 Å². The second-order valence-electron chi connectivity index (χ2n) is 13.6. The molecule has 188 valence electrons. The van der Waals surface area contributed by atoms with Gasteiger partial charge in [0.25, 0.3) is 0 Å². The minimum absolute atomic E-state index is 0.0930. The van der Waals surface area contributed by atoms with Crippen LogP contribution in [0.5, 0.6) is 0 Å². The molecule has 0 aromatic rings. The highest BCUT2D eigenvalue weighted by atomic mass is 16.4. The first-order chi connectivity index (χ1) is 15.6. The van der Waals surface area contributed by atoms with Crippen molar-refractivity contribution < 1.29 is 9.90 Å². The minimum atomic E-state index is -0.740. The Morgan fingerprint density at radius 3 is 2.61 bits per heavy atom. The number of hydrogen-bond acceptors (Lipinski definition) is 2. The van der Waals surface area contributed by atoms with Crippen LogP contribution in [0.2, 0.25) is 0 Å². The molecule has 4 rings (SSSR count). The Balaban J connectivity index is 1.48. The van der Waals surface area contributed by atoms with Crippen molar-refractivity contribution in [2.45, 2.75) is 112 Å². The fourth-order valence-electron chi connectivity index (χ4n) is 9.71. The summed E-state index contributed by atoms with van der Waals surface area (Å²) in [6.07, 6.45) is 15.8. The summed E-state index contributed by atoms with van der Waals surface area (Å²) in [4.78, 5) is 11.0. The number of rotatable bonds is 8. The first kappa shape index (κ1) is 25.3. The summed E-state index contributed by atoms with van der Waals surface area (Å²) in [5.41, 5.74) is 2.52. The molecule has 9 atom stereocenters. The number of nitrogens with one attached hydrogen (secondary N) is 1. The van der Waals surface area contributed by atoms with Crippen molar-refractivity contribution in [3.05, 3.63) is 11.6 Å². The summed E-state index contributed by atoms with van der Waals surface area (Å²) < 4.78 is 0. The van der Waals surface area contributed by atoms with Crippen LogP contribution in [0.15, 0.2) is 11.6 Å². The summed E-state index contributed by atoms with van der Waals surface area (Å²) >= 11 is 0. The van der Waals surface area contributed by atoms with Gasteiger partial charge in [0.05, 0.1) is 6.54 Å². The highest BCUT2D eigenvalue weighted by Crippen LogP contribution is 2.68. The lowest BCUT2D eigenvalue weighted by Gasteiger charge is -2.58. The summed E-state index contributed by atoms with van der Waals surface area (Å²) in [7, 11) is 0. The third-order valence-corrected chi connectivity index (χ3v) is 11.1. The van der Waals surface area contributed by atoms with E-state index in [2.05, 4.69) is 52.9 Å². The smallest absolute Gasteiger partial charge is 0.317 e. The van der Waals surface area contributed by atoms with Crippen molar-refractivity contribution >= 4 is 5.97 Å². The lowest BCUT2D eigenvalue weighted by molar-refractivity contribution is -0.136. The second kappa shape index (κ2) is 9.67. The van der Waals surface area contributed by atoms with E-state index in [1.165, 1.54) is 51.4 Å². The normalized spacial score (nSPS) is 43.4. The fraction of sp³-hybridized carbons (Fsp3) is 0.900. The zero-order valence-electron chi connectivity index (χ0n) is 22.3. The van der Waals surface area contributed by atoms with Gasteiger partial charge in [-0.05, 0) is 97.2 Å². The van der Waals surface area contributed by atoms with E-state index >= 15 is 0 Å². The van der Waals surface area contributed by atoms with Gasteiger partial charge in [-0.1, -0.05) is 72.5 Å². The first-order valence-corrected chi connectivity index (χ1v) is 14.2. The third kappa shape index (κ3) is 4.69. The van der Waals surface area contributed by atoms with Crippen LogP contribution in [-0.2, 0) is 4.79 Å². The number of carboxylic acid groups (broad SMARTS) is 1. The number of carbonyl (C=O) groups is 1. The average Bonchev–Trinajstić information content (AvgIpc) is 3.01. The number of aliphatic carboxylic acids is 1. The zero-order valence-corrected chi connectivity index (χ0v) is 22.3.